The van der Waals surface area contributed by atoms with Gasteiger partial charge in [0.2, 0.25) is 5.95 Å². The summed E-state index contributed by atoms with van der Waals surface area (Å²) in [6, 6.07) is 13.5. The molecular weight excluding hydrogens is 446 g/mol. The average Bonchev–Trinajstić information content (AvgIpc) is 2.77. The lowest BCUT2D eigenvalue weighted by Crippen LogP contribution is -2.27. The Labute approximate surface area is 200 Å². The predicted octanol–water partition coefficient (Wildman–Crippen LogP) is 4.83. The number of hydrogen-bond acceptors (Lipinski definition) is 8. The first kappa shape index (κ1) is 23.4. The zero-order valence-corrected chi connectivity index (χ0v) is 20.3. The molecule has 0 aliphatic carbocycles. The molecule has 0 saturated heterocycles. The highest BCUT2D eigenvalue weighted by Gasteiger charge is 2.17. The molecule has 2 heterocycles. The normalized spacial score (nSPS) is 13.5. The number of nitrogens with zero attached hydrogens (tertiary/aromatic N) is 5. The van der Waals surface area contributed by atoms with Gasteiger partial charge in [-0.25, -0.2) is 9.19 Å². The summed E-state index contributed by atoms with van der Waals surface area (Å²) in [5.41, 5.74) is 6.12. The predicted molar refractivity (Wildman–Crippen MR) is 138 cm³/mol. The molecular formula is C25H27N7OS. The van der Waals surface area contributed by atoms with Crippen LogP contribution in [-0.4, -0.2) is 45.2 Å². The van der Waals surface area contributed by atoms with Gasteiger partial charge in [-0.3, -0.25) is 0 Å². The van der Waals surface area contributed by atoms with Gasteiger partial charge >= 0.3 is 0 Å². The van der Waals surface area contributed by atoms with Crippen molar-refractivity contribution in [2.45, 2.75) is 13.0 Å². The number of nitriles is 1. The summed E-state index contributed by atoms with van der Waals surface area (Å²) < 4.78 is 16.3. The maximum absolute atomic E-state index is 12.0. The van der Waals surface area contributed by atoms with Crippen molar-refractivity contribution in [2.24, 2.45) is 4.36 Å². The van der Waals surface area contributed by atoms with Crippen LogP contribution in [0.1, 0.15) is 22.3 Å². The molecule has 174 valence electrons. The minimum absolute atomic E-state index is 0.307. The van der Waals surface area contributed by atoms with Crippen LogP contribution < -0.4 is 10.6 Å². The van der Waals surface area contributed by atoms with Crippen LogP contribution >= 0.6 is 0 Å². The smallest absolute Gasteiger partial charge is 0.229 e. The number of aromatic nitrogens is 2. The van der Waals surface area contributed by atoms with E-state index < -0.39 is 9.73 Å². The maximum atomic E-state index is 12.0. The first-order valence-corrected chi connectivity index (χ1v) is 13.1. The molecule has 0 saturated carbocycles. The first-order valence-electron chi connectivity index (χ1n) is 10.8. The van der Waals surface area contributed by atoms with Gasteiger partial charge in [-0.05, 0) is 60.5 Å². The van der Waals surface area contributed by atoms with Crippen molar-refractivity contribution in [3.05, 3.63) is 71.4 Å². The van der Waals surface area contributed by atoms with Gasteiger partial charge in [0.15, 0.2) is 5.82 Å². The monoisotopic (exact) mass is 473 g/mol. The number of nitrogens with one attached hydrogen (secondary N) is 2. The first-order chi connectivity index (χ1) is 16.2. The van der Waals surface area contributed by atoms with E-state index in [-0.39, 0.29) is 0 Å². The number of likely N-dealkylation sites (N-methyl/N-ethyl adjacent to an activating group) is 1. The molecule has 4 rings (SSSR count). The Morgan fingerprint density at radius 3 is 2.79 bits per heavy atom. The molecule has 1 aromatic heterocycles. The third-order valence-corrected chi connectivity index (χ3v) is 6.03. The van der Waals surface area contributed by atoms with E-state index in [2.05, 4.69) is 55.6 Å². The van der Waals surface area contributed by atoms with Crippen LogP contribution in [0.25, 0.3) is 6.08 Å². The van der Waals surface area contributed by atoms with E-state index in [0.29, 0.717) is 28.7 Å². The van der Waals surface area contributed by atoms with Crippen molar-refractivity contribution in [1.82, 2.24) is 14.9 Å². The average molecular weight is 474 g/mol. The van der Waals surface area contributed by atoms with Crippen LogP contribution in [0.2, 0.25) is 0 Å². The van der Waals surface area contributed by atoms with Gasteiger partial charge in [-0.2, -0.15) is 14.6 Å². The lowest BCUT2D eigenvalue weighted by atomic mass is 9.94. The summed E-state index contributed by atoms with van der Waals surface area (Å²) in [7, 11) is -0.177. The second-order valence-electron chi connectivity index (χ2n) is 8.54. The number of fused-ring (bicyclic) bond motifs is 1. The van der Waals surface area contributed by atoms with Gasteiger partial charge in [-0.1, -0.05) is 18.7 Å². The molecule has 0 spiro atoms. The summed E-state index contributed by atoms with van der Waals surface area (Å²) in [5.74, 6) is 0.735. The third kappa shape index (κ3) is 5.60. The third-order valence-electron chi connectivity index (χ3n) is 5.38. The summed E-state index contributed by atoms with van der Waals surface area (Å²) >= 11 is 0. The Bertz CT molecular complexity index is 1410. The van der Waals surface area contributed by atoms with Gasteiger partial charge in [0.05, 0.1) is 11.9 Å². The minimum atomic E-state index is -2.29. The van der Waals surface area contributed by atoms with Gasteiger partial charge in [-0.15, -0.1) is 0 Å². The van der Waals surface area contributed by atoms with Crippen molar-refractivity contribution in [1.29, 1.82) is 5.26 Å². The van der Waals surface area contributed by atoms with E-state index in [9.17, 15) is 9.47 Å². The Kier molecular flexibility index (Phi) is 6.63. The van der Waals surface area contributed by atoms with Gasteiger partial charge < -0.3 is 15.5 Å². The molecule has 3 aromatic rings. The molecule has 34 heavy (non-hydrogen) atoms. The molecule has 0 fully saturated rings. The van der Waals surface area contributed by atoms with E-state index in [4.69, 9.17) is 0 Å². The SMILES string of the molecule is C=Cc1cc(Nc2ncc(C#N)c(Nc3cccc(N=S(C)(C)=O)c3)n2)cc2c1CCN(C)C2. The van der Waals surface area contributed by atoms with Crippen molar-refractivity contribution < 1.29 is 4.21 Å². The second-order valence-corrected chi connectivity index (χ2v) is 11.1. The van der Waals surface area contributed by atoms with Crippen LogP contribution in [0.3, 0.4) is 0 Å². The van der Waals surface area contributed by atoms with Crippen LogP contribution in [0.4, 0.5) is 28.8 Å². The van der Waals surface area contributed by atoms with Crippen molar-refractivity contribution in [3.8, 4) is 6.07 Å². The highest BCUT2D eigenvalue weighted by molar-refractivity contribution is 7.92. The second kappa shape index (κ2) is 9.63. The summed E-state index contributed by atoms with van der Waals surface area (Å²) in [6.45, 7) is 5.87. The van der Waals surface area contributed by atoms with E-state index in [1.807, 2.05) is 18.2 Å². The Morgan fingerprint density at radius 1 is 1.24 bits per heavy atom. The topological polar surface area (TPSA) is 106 Å². The van der Waals surface area contributed by atoms with Crippen molar-refractivity contribution in [2.75, 3.05) is 36.7 Å². The Morgan fingerprint density at radius 2 is 2.06 bits per heavy atom. The molecule has 1 aliphatic heterocycles. The molecule has 0 bridgehead atoms. The van der Waals surface area contributed by atoms with E-state index in [1.165, 1.54) is 17.3 Å². The highest BCUT2D eigenvalue weighted by atomic mass is 32.2. The number of hydrogen-bond donors (Lipinski definition) is 2. The minimum Gasteiger partial charge on any atom is -0.339 e. The largest absolute Gasteiger partial charge is 0.339 e. The quantitative estimate of drug-likeness (QED) is 0.528. The fraction of sp³-hybridized carbons (Fsp3) is 0.240. The van der Waals surface area contributed by atoms with Gasteiger partial charge in [0.25, 0.3) is 0 Å². The fourth-order valence-corrected chi connectivity index (χ4v) is 4.53. The Hall–Kier alpha value is -3.74. The van der Waals surface area contributed by atoms with Crippen LogP contribution in [0, 0.1) is 11.3 Å². The standard InChI is InChI=1S/C25H27N7OS/c1-5-17-11-22(12-18-16-32(2)10-9-23(17)18)29-25-27-15-19(14-26)24(30-25)28-20-7-6-8-21(13-20)31-34(3,4)33/h5-8,11-13,15H,1,9-10,16H2,2-4H3,(H2,27,28,29,30). The fourth-order valence-electron chi connectivity index (χ4n) is 3.91. The molecule has 2 N–H and O–H groups in total. The highest BCUT2D eigenvalue weighted by Crippen LogP contribution is 2.29. The summed E-state index contributed by atoms with van der Waals surface area (Å²) in [6.07, 6.45) is 7.52. The number of anilines is 4. The van der Waals surface area contributed by atoms with Crippen molar-refractivity contribution >= 4 is 44.6 Å². The molecule has 2 aromatic carbocycles. The lowest BCUT2D eigenvalue weighted by molar-refractivity contribution is 0.313. The van der Waals surface area contributed by atoms with E-state index in [0.717, 1.165) is 30.8 Å². The molecule has 9 heteroatoms. The molecule has 0 unspecified atom stereocenters. The number of rotatable bonds is 6. The van der Waals surface area contributed by atoms with Crippen molar-refractivity contribution in [3.63, 3.8) is 0 Å². The van der Waals surface area contributed by atoms with E-state index in [1.54, 1.807) is 30.7 Å². The summed E-state index contributed by atoms with van der Waals surface area (Å²) in [4.78, 5) is 11.1. The maximum Gasteiger partial charge on any atom is 0.229 e. The molecule has 1 aliphatic rings. The van der Waals surface area contributed by atoms with Crippen LogP contribution in [0.5, 0.6) is 0 Å². The Balaban J connectivity index is 1.64. The van der Waals surface area contributed by atoms with Gasteiger partial charge in [0.1, 0.15) is 11.6 Å². The molecule has 8 nitrogen and oxygen atoms in total. The lowest BCUT2D eigenvalue weighted by Gasteiger charge is -2.27. The summed E-state index contributed by atoms with van der Waals surface area (Å²) in [5, 5.41) is 16.0. The number of benzene rings is 2. The zero-order chi connectivity index (χ0) is 24.3. The van der Waals surface area contributed by atoms with E-state index >= 15 is 0 Å². The zero-order valence-electron chi connectivity index (χ0n) is 19.5. The van der Waals surface area contributed by atoms with Crippen LogP contribution in [0.15, 0.2) is 53.5 Å². The molecule has 0 amide bonds. The van der Waals surface area contributed by atoms with Gasteiger partial charge in [0, 0.05) is 46.7 Å². The van der Waals surface area contributed by atoms with Crippen LogP contribution in [-0.2, 0) is 22.7 Å². The molecule has 0 atom stereocenters. The molecule has 0 radical (unpaired) electrons.